The minimum atomic E-state index is -0.497. The van der Waals surface area contributed by atoms with Gasteiger partial charge in [-0.05, 0) is 42.2 Å². The zero-order chi connectivity index (χ0) is 16.9. The molecule has 0 unspecified atom stereocenters. The highest BCUT2D eigenvalue weighted by Crippen LogP contribution is 2.22. The molecular formula is C19H19ClN2O2. The fourth-order valence-corrected chi connectivity index (χ4v) is 2.97. The standard InChI is InChI=1S/C19H19ClN2O2/c20-15-10-8-13(9-11-15)4-3-7-18(23)21-17-12-14-5-1-2-6-16(14)22-19(17)24/h1-2,5-6,8-11,17H,3-4,7,12H2,(H,21,23)(H,22,24)/t17-/m0/s1. The Balaban J connectivity index is 1.48. The topological polar surface area (TPSA) is 58.2 Å². The Morgan fingerprint density at radius 1 is 1.17 bits per heavy atom. The largest absolute Gasteiger partial charge is 0.344 e. The molecule has 0 fully saturated rings. The third kappa shape index (κ3) is 4.15. The van der Waals surface area contributed by atoms with Crippen molar-refractivity contribution in [3.8, 4) is 0 Å². The van der Waals surface area contributed by atoms with Crippen molar-refractivity contribution in [1.29, 1.82) is 0 Å². The van der Waals surface area contributed by atoms with E-state index < -0.39 is 6.04 Å². The van der Waals surface area contributed by atoms with E-state index in [4.69, 9.17) is 11.6 Å². The molecule has 0 spiro atoms. The molecule has 2 amide bonds. The molecule has 1 heterocycles. The lowest BCUT2D eigenvalue weighted by Gasteiger charge is -2.25. The molecule has 5 heteroatoms. The summed E-state index contributed by atoms with van der Waals surface area (Å²) < 4.78 is 0. The number of carbonyl (C=O) groups excluding carboxylic acids is 2. The molecule has 1 atom stereocenters. The third-order valence-electron chi connectivity index (χ3n) is 4.13. The molecule has 2 N–H and O–H groups in total. The van der Waals surface area contributed by atoms with Gasteiger partial charge in [0.25, 0.3) is 0 Å². The van der Waals surface area contributed by atoms with Crippen molar-refractivity contribution in [3.63, 3.8) is 0 Å². The van der Waals surface area contributed by atoms with Gasteiger partial charge < -0.3 is 10.6 Å². The van der Waals surface area contributed by atoms with E-state index in [0.717, 1.165) is 29.7 Å². The zero-order valence-electron chi connectivity index (χ0n) is 13.2. The van der Waals surface area contributed by atoms with Gasteiger partial charge in [0.15, 0.2) is 0 Å². The Morgan fingerprint density at radius 3 is 2.71 bits per heavy atom. The van der Waals surface area contributed by atoms with E-state index in [2.05, 4.69) is 10.6 Å². The maximum Gasteiger partial charge on any atom is 0.247 e. The van der Waals surface area contributed by atoms with Gasteiger partial charge in [-0.15, -0.1) is 0 Å². The maximum absolute atomic E-state index is 12.1. The number of fused-ring (bicyclic) bond motifs is 1. The SMILES string of the molecule is O=C(CCCc1ccc(Cl)cc1)N[C@H]1Cc2ccccc2NC1=O. The predicted molar refractivity (Wildman–Crippen MR) is 95.1 cm³/mol. The van der Waals surface area contributed by atoms with Gasteiger partial charge in [-0.2, -0.15) is 0 Å². The second-order valence-corrected chi connectivity index (χ2v) is 6.39. The van der Waals surface area contributed by atoms with Crippen molar-refractivity contribution in [2.45, 2.75) is 31.7 Å². The Bertz CT molecular complexity index is 743. The van der Waals surface area contributed by atoms with E-state index in [1.165, 1.54) is 0 Å². The fourth-order valence-electron chi connectivity index (χ4n) is 2.84. The highest BCUT2D eigenvalue weighted by Gasteiger charge is 2.26. The fraction of sp³-hybridized carbons (Fsp3) is 0.263. The number of halogens is 1. The number of rotatable bonds is 5. The van der Waals surface area contributed by atoms with Crippen LogP contribution in [0.2, 0.25) is 5.02 Å². The first kappa shape index (κ1) is 16.5. The molecule has 0 aromatic heterocycles. The summed E-state index contributed by atoms with van der Waals surface area (Å²) >= 11 is 5.85. The lowest BCUT2D eigenvalue weighted by atomic mass is 9.99. The van der Waals surface area contributed by atoms with Crippen molar-refractivity contribution >= 4 is 29.1 Å². The first-order valence-corrected chi connectivity index (χ1v) is 8.42. The molecule has 0 saturated carbocycles. The number of benzene rings is 2. The highest BCUT2D eigenvalue weighted by molar-refractivity contribution is 6.30. The second kappa shape index (κ2) is 7.49. The Kier molecular flexibility index (Phi) is 5.16. The van der Waals surface area contributed by atoms with Crippen LogP contribution < -0.4 is 10.6 Å². The molecule has 24 heavy (non-hydrogen) atoms. The van der Waals surface area contributed by atoms with Gasteiger partial charge in [-0.3, -0.25) is 9.59 Å². The average molecular weight is 343 g/mol. The van der Waals surface area contributed by atoms with Crippen molar-refractivity contribution in [2.24, 2.45) is 0 Å². The Morgan fingerprint density at radius 2 is 1.92 bits per heavy atom. The van der Waals surface area contributed by atoms with Crippen molar-refractivity contribution in [3.05, 3.63) is 64.7 Å². The van der Waals surface area contributed by atoms with Gasteiger partial charge >= 0.3 is 0 Å². The molecule has 0 aliphatic carbocycles. The summed E-state index contributed by atoms with van der Waals surface area (Å²) in [6.07, 6.45) is 2.47. The number of hydrogen-bond acceptors (Lipinski definition) is 2. The van der Waals surface area contributed by atoms with E-state index in [0.29, 0.717) is 17.9 Å². The minimum Gasteiger partial charge on any atom is -0.344 e. The van der Waals surface area contributed by atoms with Crippen molar-refractivity contribution in [1.82, 2.24) is 5.32 Å². The normalized spacial score (nSPS) is 16.2. The van der Waals surface area contributed by atoms with Crippen LogP contribution in [0, 0.1) is 0 Å². The van der Waals surface area contributed by atoms with Gasteiger partial charge in [0, 0.05) is 23.6 Å². The van der Waals surface area contributed by atoms with Crippen LogP contribution in [0.1, 0.15) is 24.0 Å². The van der Waals surface area contributed by atoms with Crippen LogP contribution >= 0.6 is 11.6 Å². The quantitative estimate of drug-likeness (QED) is 0.875. The molecule has 0 radical (unpaired) electrons. The van der Waals surface area contributed by atoms with E-state index >= 15 is 0 Å². The first-order valence-electron chi connectivity index (χ1n) is 8.04. The number of anilines is 1. The smallest absolute Gasteiger partial charge is 0.247 e. The summed E-state index contributed by atoms with van der Waals surface area (Å²) in [5.74, 6) is -0.247. The first-order chi connectivity index (χ1) is 11.6. The summed E-state index contributed by atoms with van der Waals surface area (Å²) in [6, 6.07) is 14.8. The molecule has 3 rings (SSSR count). The molecule has 4 nitrogen and oxygen atoms in total. The van der Waals surface area contributed by atoms with Crippen LogP contribution in [0.5, 0.6) is 0 Å². The summed E-state index contributed by atoms with van der Waals surface area (Å²) in [5.41, 5.74) is 3.02. The van der Waals surface area contributed by atoms with Crippen LogP contribution in [0.25, 0.3) is 0 Å². The van der Waals surface area contributed by atoms with Gasteiger partial charge in [-0.25, -0.2) is 0 Å². The minimum absolute atomic E-state index is 0.0940. The zero-order valence-corrected chi connectivity index (χ0v) is 14.0. The van der Waals surface area contributed by atoms with E-state index in [1.807, 2.05) is 48.5 Å². The number of nitrogens with one attached hydrogen (secondary N) is 2. The van der Waals surface area contributed by atoms with E-state index in [-0.39, 0.29) is 11.8 Å². The maximum atomic E-state index is 12.1. The number of aryl methyl sites for hydroxylation is 1. The molecule has 2 aromatic carbocycles. The number of amides is 2. The number of para-hydroxylation sites is 1. The molecule has 1 aliphatic heterocycles. The van der Waals surface area contributed by atoms with Crippen LogP contribution in [0.4, 0.5) is 5.69 Å². The van der Waals surface area contributed by atoms with Crippen molar-refractivity contribution < 1.29 is 9.59 Å². The van der Waals surface area contributed by atoms with E-state index in [1.54, 1.807) is 0 Å². The predicted octanol–water partition coefficient (Wildman–Crippen LogP) is 3.34. The lowest BCUT2D eigenvalue weighted by molar-refractivity contribution is -0.126. The Labute approximate surface area is 146 Å². The molecule has 0 bridgehead atoms. The summed E-state index contributed by atoms with van der Waals surface area (Å²) in [5, 5.41) is 6.38. The highest BCUT2D eigenvalue weighted by atomic mass is 35.5. The van der Waals surface area contributed by atoms with Gasteiger partial charge in [0.05, 0.1) is 0 Å². The summed E-state index contributed by atoms with van der Waals surface area (Å²) in [7, 11) is 0. The summed E-state index contributed by atoms with van der Waals surface area (Å²) in [6.45, 7) is 0. The van der Waals surface area contributed by atoms with Gasteiger partial charge in [0.2, 0.25) is 11.8 Å². The average Bonchev–Trinajstić information content (AvgIpc) is 2.57. The monoisotopic (exact) mass is 342 g/mol. The van der Waals surface area contributed by atoms with Crippen LogP contribution in [-0.4, -0.2) is 17.9 Å². The molecule has 124 valence electrons. The van der Waals surface area contributed by atoms with Crippen LogP contribution in [0.15, 0.2) is 48.5 Å². The molecular weight excluding hydrogens is 324 g/mol. The number of hydrogen-bond donors (Lipinski definition) is 2. The van der Waals surface area contributed by atoms with Crippen LogP contribution in [-0.2, 0) is 22.4 Å². The number of carbonyl (C=O) groups is 2. The van der Waals surface area contributed by atoms with E-state index in [9.17, 15) is 9.59 Å². The Hall–Kier alpha value is -2.33. The third-order valence-corrected chi connectivity index (χ3v) is 4.39. The lowest BCUT2D eigenvalue weighted by Crippen LogP contribution is -2.47. The van der Waals surface area contributed by atoms with Crippen LogP contribution in [0.3, 0.4) is 0 Å². The second-order valence-electron chi connectivity index (χ2n) is 5.95. The molecule has 1 aliphatic rings. The molecule has 0 saturated heterocycles. The van der Waals surface area contributed by atoms with Crippen molar-refractivity contribution in [2.75, 3.05) is 5.32 Å². The molecule has 2 aromatic rings. The summed E-state index contributed by atoms with van der Waals surface area (Å²) in [4.78, 5) is 24.2. The van der Waals surface area contributed by atoms with Gasteiger partial charge in [-0.1, -0.05) is 41.9 Å². The van der Waals surface area contributed by atoms with Gasteiger partial charge in [0.1, 0.15) is 6.04 Å².